The average Bonchev–Trinajstić information content (AvgIpc) is 2.98. The van der Waals surface area contributed by atoms with Crippen molar-refractivity contribution in [2.24, 2.45) is 0 Å². The molecule has 2 rings (SSSR count). The molecule has 0 aromatic heterocycles. The van der Waals surface area contributed by atoms with Crippen LogP contribution in [0.5, 0.6) is 11.5 Å². The number of benzene rings is 1. The number of ether oxygens (including phenoxy) is 1. The third-order valence-electron chi connectivity index (χ3n) is 4.27. The van der Waals surface area contributed by atoms with Crippen LogP contribution < -0.4 is 10.1 Å². The molecule has 1 aromatic carbocycles. The van der Waals surface area contributed by atoms with Crippen LogP contribution in [-0.4, -0.2) is 42.2 Å². The Morgan fingerprint density at radius 1 is 1.50 bits per heavy atom. The van der Waals surface area contributed by atoms with Crippen molar-refractivity contribution < 1.29 is 14.6 Å². The highest BCUT2D eigenvalue weighted by Gasteiger charge is 2.40. The number of aromatic hydroxyl groups is 1. The van der Waals surface area contributed by atoms with Gasteiger partial charge in [-0.3, -0.25) is 4.79 Å². The zero-order valence-corrected chi connectivity index (χ0v) is 14.2. The first-order valence-corrected chi connectivity index (χ1v) is 7.39. The van der Waals surface area contributed by atoms with Crippen LogP contribution in [0.2, 0.25) is 0 Å². The first-order valence-electron chi connectivity index (χ1n) is 7.39. The van der Waals surface area contributed by atoms with Gasteiger partial charge in [0.15, 0.2) is 11.5 Å². The minimum Gasteiger partial charge on any atom is -0.504 e. The lowest BCUT2D eigenvalue weighted by Gasteiger charge is -2.32. The van der Waals surface area contributed by atoms with Crippen LogP contribution in [0, 0.1) is 0 Å². The fourth-order valence-corrected chi connectivity index (χ4v) is 2.97. The summed E-state index contributed by atoms with van der Waals surface area (Å²) in [5, 5.41) is 13.0. The number of nitrogens with zero attached hydrogens (tertiary/aromatic N) is 1. The second kappa shape index (κ2) is 7.70. The number of likely N-dealkylation sites (N-methyl/N-ethyl adjacent to an activating group) is 1. The monoisotopic (exact) mass is 328 g/mol. The Morgan fingerprint density at radius 2 is 2.23 bits per heavy atom. The number of phenolic OH excluding ortho intramolecular Hbond substituents is 1. The summed E-state index contributed by atoms with van der Waals surface area (Å²) >= 11 is 0. The molecule has 0 aliphatic carbocycles. The lowest BCUT2D eigenvalue weighted by atomic mass is 9.92. The van der Waals surface area contributed by atoms with Crippen LogP contribution in [0.4, 0.5) is 0 Å². The standard InChI is InChI=1S/C16H24N2O3.ClH/c1-4-16(8-5-9-17-16)15(20)18(2)11-12-6-7-13(19)14(10-12)21-3;/h6-7,10,17,19H,4-5,8-9,11H2,1-3H3;1H. The highest BCUT2D eigenvalue weighted by molar-refractivity contribution is 5.86. The minimum absolute atomic E-state index is 0. The molecule has 0 spiro atoms. The van der Waals surface area contributed by atoms with Crippen LogP contribution >= 0.6 is 12.4 Å². The molecule has 22 heavy (non-hydrogen) atoms. The smallest absolute Gasteiger partial charge is 0.242 e. The Kier molecular flexibility index (Phi) is 6.50. The van der Waals surface area contributed by atoms with Gasteiger partial charge in [0.05, 0.1) is 12.6 Å². The van der Waals surface area contributed by atoms with Gasteiger partial charge in [-0.2, -0.15) is 0 Å². The maximum Gasteiger partial charge on any atom is 0.242 e. The number of methoxy groups -OCH3 is 1. The summed E-state index contributed by atoms with van der Waals surface area (Å²) in [5.74, 6) is 0.671. The number of nitrogens with one attached hydrogen (secondary N) is 1. The summed E-state index contributed by atoms with van der Waals surface area (Å²) in [5.41, 5.74) is 0.528. The Hall–Kier alpha value is -1.46. The van der Waals surface area contributed by atoms with E-state index in [0.717, 1.165) is 31.4 Å². The number of hydrogen-bond donors (Lipinski definition) is 2. The third-order valence-corrected chi connectivity index (χ3v) is 4.27. The molecule has 124 valence electrons. The topological polar surface area (TPSA) is 61.8 Å². The van der Waals surface area contributed by atoms with Crippen LogP contribution in [0.25, 0.3) is 0 Å². The molecule has 6 heteroatoms. The maximum absolute atomic E-state index is 12.7. The van der Waals surface area contributed by atoms with Gasteiger partial charge in [0.1, 0.15) is 0 Å². The van der Waals surface area contributed by atoms with Crippen molar-refractivity contribution in [2.45, 2.75) is 38.3 Å². The molecule has 1 heterocycles. The lowest BCUT2D eigenvalue weighted by Crippen LogP contribution is -2.53. The number of carbonyl (C=O) groups is 1. The quantitative estimate of drug-likeness (QED) is 0.870. The molecule has 0 bridgehead atoms. The van der Waals surface area contributed by atoms with E-state index in [1.807, 2.05) is 20.0 Å². The van der Waals surface area contributed by atoms with Gasteiger partial charge >= 0.3 is 0 Å². The van der Waals surface area contributed by atoms with Gasteiger partial charge in [-0.1, -0.05) is 13.0 Å². The Balaban J connectivity index is 0.00000242. The van der Waals surface area contributed by atoms with E-state index < -0.39 is 5.54 Å². The van der Waals surface area contributed by atoms with Crippen LogP contribution in [0.3, 0.4) is 0 Å². The Bertz CT molecular complexity index is 516. The molecule has 1 unspecified atom stereocenters. The number of hydrogen-bond acceptors (Lipinski definition) is 4. The second-order valence-corrected chi connectivity index (χ2v) is 5.63. The second-order valence-electron chi connectivity index (χ2n) is 5.63. The zero-order valence-electron chi connectivity index (χ0n) is 13.4. The molecular weight excluding hydrogens is 304 g/mol. The first kappa shape index (κ1) is 18.6. The van der Waals surface area contributed by atoms with Crippen molar-refractivity contribution in [1.29, 1.82) is 0 Å². The third kappa shape index (κ3) is 3.65. The predicted molar refractivity (Wildman–Crippen MR) is 88.6 cm³/mol. The van der Waals surface area contributed by atoms with Gasteiger partial charge in [0.25, 0.3) is 0 Å². The van der Waals surface area contributed by atoms with Crippen molar-refractivity contribution in [2.75, 3.05) is 20.7 Å². The molecule has 1 aliphatic heterocycles. The molecule has 5 nitrogen and oxygen atoms in total. The number of carbonyl (C=O) groups excluding carboxylic acids is 1. The molecule has 1 fully saturated rings. The van der Waals surface area contributed by atoms with Gasteiger partial charge in [-0.05, 0) is 43.5 Å². The van der Waals surface area contributed by atoms with E-state index in [0.29, 0.717) is 12.3 Å². The van der Waals surface area contributed by atoms with Crippen molar-refractivity contribution in [3.8, 4) is 11.5 Å². The van der Waals surface area contributed by atoms with Gasteiger partial charge < -0.3 is 20.1 Å². The molecule has 1 saturated heterocycles. The average molecular weight is 329 g/mol. The maximum atomic E-state index is 12.7. The summed E-state index contributed by atoms with van der Waals surface area (Å²) in [4.78, 5) is 14.5. The van der Waals surface area contributed by atoms with Crippen LogP contribution in [0.15, 0.2) is 18.2 Å². The molecule has 1 aliphatic rings. The number of rotatable bonds is 5. The van der Waals surface area contributed by atoms with E-state index in [1.165, 1.54) is 7.11 Å². The number of amides is 1. The van der Waals surface area contributed by atoms with E-state index in [2.05, 4.69) is 5.32 Å². The van der Waals surface area contributed by atoms with Crippen molar-refractivity contribution in [3.63, 3.8) is 0 Å². The summed E-state index contributed by atoms with van der Waals surface area (Å²) in [6.45, 7) is 3.45. The highest BCUT2D eigenvalue weighted by Crippen LogP contribution is 2.28. The molecule has 1 aromatic rings. The van der Waals surface area contributed by atoms with Crippen LogP contribution in [0.1, 0.15) is 31.7 Å². The SMILES string of the molecule is CCC1(C(=O)N(C)Cc2ccc(O)c(OC)c2)CCCN1.Cl. The van der Waals surface area contributed by atoms with Crippen molar-refractivity contribution >= 4 is 18.3 Å². The summed E-state index contributed by atoms with van der Waals surface area (Å²) in [6.07, 6.45) is 2.74. The van der Waals surface area contributed by atoms with E-state index >= 15 is 0 Å². The molecule has 0 saturated carbocycles. The molecule has 1 amide bonds. The highest BCUT2D eigenvalue weighted by atomic mass is 35.5. The fraction of sp³-hybridized carbons (Fsp3) is 0.562. The largest absolute Gasteiger partial charge is 0.504 e. The fourth-order valence-electron chi connectivity index (χ4n) is 2.97. The van der Waals surface area contributed by atoms with E-state index in [9.17, 15) is 9.90 Å². The van der Waals surface area contributed by atoms with Gasteiger partial charge in [-0.15, -0.1) is 12.4 Å². The zero-order chi connectivity index (χ0) is 15.5. The van der Waals surface area contributed by atoms with E-state index in [-0.39, 0.29) is 24.1 Å². The first-order chi connectivity index (χ1) is 10.0. The summed E-state index contributed by atoms with van der Waals surface area (Å²) in [7, 11) is 3.33. The lowest BCUT2D eigenvalue weighted by molar-refractivity contribution is -0.137. The number of phenols is 1. The number of halogens is 1. The van der Waals surface area contributed by atoms with Gasteiger partial charge in [0, 0.05) is 13.6 Å². The van der Waals surface area contributed by atoms with E-state index in [1.54, 1.807) is 17.0 Å². The minimum atomic E-state index is -0.407. The molecule has 2 N–H and O–H groups in total. The van der Waals surface area contributed by atoms with Crippen molar-refractivity contribution in [1.82, 2.24) is 10.2 Å². The van der Waals surface area contributed by atoms with Gasteiger partial charge in [-0.25, -0.2) is 0 Å². The van der Waals surface area contributed by atoms with Crippen LogP contribution in [-0.2, 0) is 11.3 Å². The molecule has 1 atom stereocenters. The summed E-state index contributed by atoms with van der Waals surface area (Å²) < 4.78 is 5.10. The van der Waals surface area contributed by atoms with Crippen molar-refractivity contribution in [3.05, 3.63) is 23.8 Å². The molecular formula is C16H25ClN2O3. The predicted octanol–water partition coefficient (Wildman–Crippen LogP) is 2.31. The Labute approximate surface area is 138 Å². The molecule has 0 radical (unpaired) electrons. The normalized spacial score (nSPS) is 20.3. The Morgan fingerprint density at radius 3 is 2.77 bits per heavy atom. The van der Waals surface area contributed by atoms with Gasteiger partial charge in [0.2, 0.25) is 5.91 Å². The summed E-state index contributed by atoms with van der Waals surface area (Å²) in [6, 6.07) is 5.16. The van der Waals surface area contributed by atoms with E-state index in [4.69, 9.17) is 4.74 Å².